The lowest BCUT2D eigenvalue weighted by Crippen LogP contribution is -2.38. The molecule has 0 aliphatic carbocycles. The Morgan fingerprint density at radius 2 is 1.47 bits per heavy atom. The Kier molecular flexibility index (Phi) is 4.37. The fraction of sp³-hybridized carbons (Fsp3) is 0.625. The van der Waals surface area contributed by atoms with Crippen LogP contribution >= 0.6 is 0 Å². The molecule has 0 aliphatic heterocycles. The first-order valence-electron chi connectivity index (χ1n) is 6.53. The van der Waals surface area contributed by atoms with Gasteiger partial charge in [0.05, 0.1) is 0 Å². The summed E-state index contributed by atoms with van der Waals surface area (Å²) in [6.45, 7) is 14.5. The molecule has 0 heterocycles. The molecule has 0 saturated heterocycles. The molecule has 1 nitrogen and oxygen atoms in total. The van der Waals surface area contributed by atoms with E-state index in [1.54, 1.807) is 0 Å². The van der Waals surface area contributed by atoms with Crippen LogP contribution in [0, 0.1) is 6.92 Å². The predicted octanol–water partition coefficient (Wildman–Crippen LogP) is 4.05. The summed E-state index contributed by atoms with van der Waals surface area (Å²) in [6.07, 6.45) is 1.16. The minimum absolute atomic E-state index is 0.212. The third-order valence-corrected chi connectivity index (χ3v) is 3.24. The Morgan fingerprint density at radius 1 is 0.941 bits per heavy atom. The Bertz CT molecular complexity index is 341. The lowest BCUT2D eigenvalue weighted by Gasteiger charge is -2.28. The SMILES string of the molecule is Cc1ccc(C(C)(C)CCNC(C)(C)C)cc1. The van der Waals surface area contributed by atoms with Crippen molar-refractivity contribution in [3.8, 4) is 0 Å². The van der Waals surface area contributed by atoms with E-state index in [0.29, 0.717) is 0 Å². The number of nitrogens with one attached hydrogen (secondary N) is 1. The smallest absolute Gasteiger partial charge is 0.00965 e. The molecule has 17 heavy (non-hydrogen) atoms. The molecule has 0 spiro atoms. The van der Waals surface area contributed by atoms with Crippen molar-refractivity contribution in [1.82, 2.24) is 5.32 Å². The van der Waals surface area contributed by atoms with Gasteiger partial charge in [0, 0.05) is 5.54 Å². The van der Waals surface area contributed by atoms with Crippen LogP contribution in [0.5, 0.6) is 0 Å². The van der Waals surface area contributed by atoms with Gasteiger partial charge >= 0.3 is 0 Å². The highest BCUT2D eigenvalue weighted by atomic mass is 14.9. The van der Waals surface area contributed by atoms with E-state index in [1.165, 1.54) is 11.1 Å². The van der Waals surface area contributed by atoms with E-state index in [0.717, 1.165) is 13.0 Å². The first-order valence-corrected chi connectivity index (χ1v) is 6.53. The lowest BCUT2D eigenvalue weighted by atomic mass is 9.81. The minimum Gasteiger partial charge on any atom is -0.312 e. The molecule has 1 rings (SSSR count). The molecule has 0 fully saturated rings. The molecule has 0 unspecified atom stereocenters. The minimum atomic E-state index is 0.212. The fourth-order valence-corrected chi connectivity index (χ4v) is 1.90. The second kappa shape index (κ2) is 5.22. The second-order valence-corrected chi connectivity index (χ2v) is 6.68. The normalized spacial score (nSPS) is 12.8. The molecular weight excluding hydrogens is 206 g/mol. The fourth-order valence-electron chi connectivity index (χ4n) is 1.90. The van der Waals surface area contributed by atoms with Gasteiger partial charge in [0.2, 0.25) is 0 Å². The second-order valence-electron chi connectivity index (χ2n) is 6.68. The quantitative estimate of drug-likeness (QED) is 0.827. The lowest BCUT2D eigenvalue weighted by molar-refractivity contribution is 0.379. The molecule has 1 heteroatoms. The van der Waals surface area contributed by atoms with Crippen LogP contribution in [-0.2, 0) is 5.41 Å². The highest BCUT2D eigenvalue weighted by molar-refractivity contribution is 5.27. The van der Waals surface area contributed by atoms with Crippen LogP contribution in [0.2, 0.25) is 0 Å². The van der Waals surface area contributed by atoms with Gasteiger partial charge in [0.1, 0.15) is 0 Å². The topological polar surface area (TPSA) is 12.0 Å². The molecule has 0 aromatic heterocycles. The summed E-state index contributed by atoms with van der Waals surface area (Å²) >= 11 is 0. The molecule has 0 aliphatic rings. The third kappa shape index (κ3) is 4.91. The van der Waals surface area contributed by atoms with Crippen LogP contribution in [0.25, 0.3) is 0 Å². The summed E-state index contributed by atoms with van der Waals surface area (Å²) < 4.78 is 0. The van der Waals surface area contributed by atoms with Gasteiger partial charge in [-0.3, -0.25) is 0 Å². The zero-order valence-electron chi connectivity index (χ0n) is 12.2. The molecule has 0 amide bonds. The highest BCUT2D eigenvalue weighted by Gasteiger charge is 2.20. The van der Waals surface area contributed by atoms with Crippen LogP contribution in [0.4, 0.5) is 0 Å². The van der Waals surface area contributed by atoms with Crippen molar-refractivity contribution in [2.24, 2.45) is 0 Å². The van der Waals surface area contributed by atoms with Crippen molar-refractivity contribution in [3.05, 3.63) is 35.4 Å². The summed E-state index contributed by atoms with van der Waals surface area (Å²) in [5.74, 6) is 0. The van der Waals surface area contributed by atoms with Gasteiger partial charge in [-0.1, -0.05) is 43.7 Å². The molecule has 0 radical (unpaired) electrons. The van der Waals surface area contributed by atoms with Crippen molar-refractivity contribution in [2.45, 2.75) is 58.9 Å². The van der Waals surface area contributed by atoms with Crippen molar-refractivity contribution in [1.29, 1.82) is 0 Å². The molecule has 1 N–H and O–H groups in total. The molecule has 0 saturated carbocycles. The average Bonchev–Trinajstić information content (AvgIpc) is 2.15. The maximum atomic E-state index is 3.56. The zero-order valence-corrected chi connectivity index (χ0v) is 12.2. The Labute approximate surface area is 107 Å². The number of aryl methyl sites for hydroxylation is 1. The van der Waals surface area contributed by atoms with E-state index >= 15 is 0 Å². The highest BCUT2D eigenvalue weighted by Crippen LogP contribution is 2.26. The van der Waals surface area contributed by atoms with Gasteiger partial charge in [0.15, 0.2) is 0 Å². The number of rotatable bonds is 4. The number of benzene rings is 1. The van der Waals surface area contributed by atoms with Gasteiger partial charge in [0.25, 0.3) is 0 Å². The van der Waals surface area contributed by atoms with E-state index in [9.17, 15) is 0 Å². The molecular formula is C16H27N. The first kappa shape index (κ1) is 14.2. The average molecular weight is 233 g/mol. The summed E-state index contributed by atoms with van der Waals surface area (Å²) in [7, 11) is 0. The monoisotopic (exact) mass is 233 g/mol. The van der Waals surface area contributed by atoms with E-state index in [2.05, 4.69) is 71.1 Å². The van der Waals surface area contributed by atoms with Crippen LogP contribution in [0.15, 0.2) is 24.3 Å². The van der Waals surface area contributed by atoms with Gasteiger partial charge in [-0.15, -0.1) is 0 Å². The predicted molar refractivity (Wildman–Crippen MR) is 76.6 cm³/mol. The van der Waals surface area contributed by atoms with Gasteiger partial charge in [-0.2, -0.15) is 0 Å². The third-order valence-electron chi connectivity index (χ3n) is 3.24. The maximum absolute atomic E-state index is 3.56. The first-order chi connectivity index (χ1) is 7.71. The molecule has 1 aromatic carbocycles. The largest absolute Gasteiger partial charge is 0.312 e. The summed E-state index contributed by atoms with van der Waals surface area (Å²) in [5.41, 5.74) is 3.21. The molecule has 0 bridgehead atoms. The zero-order chi connectivity index (χ0) is 13.1. The van der Waals surface area contributed by atoms with Gasteiger partial charge < -0.3 is 5.32 Å². The van der Waals surface area contributed by atoms with Gasteiger partial charge in [-0.25, -0.2) is 0 Å². The molecule has 0 atom stereocenters. The van der Waals surface area contributed by atoms with Crippen LogP contribution in [0.1, 0.15) is 52.2 Å². The number of hydrogen-bond donors (Lipinski definition) is 1. The van der Waals surface area contributed by atoms with E-state index in [-0.39, 0.29) is 11.0 Å². The Balaban J connectivity index is 2.59. The van der Waals surface area contributed by atoms with Crippen LogP contribution in [0.3, 0.4) is 0 Å². The summed E-state index contributed by atoms with van der Waals surface area (Å²) in [4.78, 5) is 0. The van der Waals surface area contributed by atoms with Crippen molar-refractivity contribution < 1.29 is 0 Å². The van der Waals surface area contributed by atoms with Gasteiger partial charge in [-0.05, 0) is 51.6 Å². The van der Waals surface area contributed by atoms with Crippen molar-refractivity contribution in [2.75, 3.05) is 6.54 Å². The Morgan fingerprint density at radius 3 is 1.94 bits per heavy atom. The van der Waals surface area contributed by atoms with E-state index in [1.807, 2.05) is 0 Å². The standard InChI is InChI=1S/C16H27N/c1-13-7-9-14(10-8-13)16(5,6)11-12-17-15(2,3)4/h7-10,17H,11-12H2,1-6H3. The van der Waals surface area contributed by atoms with E-state index < -0.39 is 0 Å². The molecule has 1 aromatic rings. The maximum Gasteiger partial charge on any atom is 0.00965 e. The Hall–Kier alpha value is -0.820. The van der Waals surface area contributed by atoms with E-state index in [4.69, 9.17) is 0 Å². The number of hydrogen-bond acceptors (Lipinski definition) is 1. The summed E-state index contributed by atoms with van der Waals surface area (Å²) in [6, 6.07) is 8.92. The molecule has 96 valence electrons. The van der Waals surface area contributed by atoms with Crippen LogP contribution < -0.4 is 5.32 Å². The van der Waals surface area contributed by atoms with Crippen LogP contribution in [-0.4, -0.2) is 12.1 Å². The van der Waals surface area contributed by atoms with Crippen molar-refractivity contribution >= 4 is 0 Å². The van der Waals surface area contributed by atoms with Crippen molar-refractivity contribution in [3.63, 3.8) is 0 Å². The summed E-state index contributed by atoms with van der Waals surface area (Å²) in [5, 5.41) is 3.56.